The van der Waals surface area contributed by atoms with Crippen molar-refractivity contribution in [2.75, 3.05) is 39.0 Å². The molecule has 2 rings (SSSR count). The average Bonchev–Trinajstić information content (AvgIpc) is 3.01. The van der Waals surface area contributed by atoms with Crippen LogP contribution in [0.3, 0.4) is 0 Å². The molecule has 0 aliphatic carbocycles. The van der Waals surface area contributed by atoms with Gasteiger partial charge in [-0.2, -0.15) is 11.8 Å². The predicted octanol–water partition coefficient (Wildman–Crippen LogP) is 2.43. The minimum Gasteiger partial charge on any atom is -0.356 e. The molecule has 2 unspecified atom stereocenters. The summed E-state index contributed by atoms with van der Waals surface area (Å²) in [6.07, 6.45) is 3.78. The molecular weight excluding hydrogens is 320 g/mol. The summed E-state index contributed by atoms with van der Waals surface area (Å²) in [7, 11) is 1.87. The van der Waals surface area contributed by atoms with Crippen molar-refractivity contribution < 1.29 is 4.79 Å². The number of aliphatic imine (C=N–C) groups is 1. The molecule has 2 aliphatic heterocycles. The van der Waals surface area contributed by atoms with Gasteiger partial charge in [0, 0.05) is 56.7 Å². The Kier molecular flexibility index (Phi) is 7.72. The van der Waals surface area contributed by atoms with E-state index in [1.54, 1.807) is 0 Å². The van der Waals surface area contributed by atoms with Gasteiger partial charge in [-0.1, -0.05) is 20.8 Å². The van der Waals surface area contributed by atoms with E-state index in [1.807, 2.05) is 7.05 Å². The standard InChI is InChI=1S/C18H34N4OS/c1-5-15(22-10-6-7-17(22)23)8-9-20-18(19-4)21-11-12-24-16(13-21)14(2)3/h14-16H,5-13H2,1-4H3,(H,19,20). The molecular formula is C18H34N4OS. The van der Waals surface area contributed by atoms with Gasteiger partial charge in [-0.15, -0.1) is 0 Å². The molecule has 0 aromatic heterocycles. The third kappa shape index (κ3) is 5.04. The smallest absolute Gasteiger partial charge is 0.222 e. The Hall–Kier alpha value is -0.910. The summed E-state index contributed by atoms with van der Waals surface area (Å²) in [6, 6.07) is 0.367. The van der Waals surface area contributed by atoms with Crippen molar-refractivity contribution in [3.05, 3.63) is 0 Å². The van der Waals surface area contributed by atoms with Gasteiger partial charge in [-0.3, -0.25) is 9.79 Å². The zero-order valence-corrected chi connectivity index (χ0v) is 16.6. The van der Waals surface area contributed by atoms with E-state index in [0.717, 1.165) is 57.8 Å². The highest BCUT2D eigenvalue weighted by molar-refractivity contribution is 8.00. The van der Waals surface area contributed by atoms with Crippen LogP contribution in [0.15, 0.2) is 4.99 Å². The fourth-order valence-electron chi connectivity index (χ4n) is 3.59. The van der Waals surface area contributed by atoms with E-state index in [2.05, 4.69) is 52.6 Å². The van der Waals surface area contributed by atoms with Crippen molar-refractivity contribution in [2.24, 2.45) is 10.9 Å². The zero-order chi connectivity index (χ0) is 17.5. The summed E-state index contributed by atoms with van der Waals surface area (Å²) in [5.74, 6) is 3.22. The number of guanidine groups is 1. The van der Waals surface area contributed by atoms with Gasteiger partial charge in [0.25, 0.3) is 0 Å². The van der Waals surface area contributed by atoms with Gasteiger partial charge in [0.1, 0.15) is 0 Å². The number of hydrogen-bond donors (Lipinski definition) is 1. The van der Waals surface area contributed by atoms with Crippen molar-refractivity contribution >= 4 is 23.6 Å². The summed E-state index contributed by atoms with van der Waals surface area (Å²) < 4.78 is 0. The Morgan fingerprint density at radius 3 is 2.79 bits per heavy atom. The molecule has 0 spiro atoms. The van der Waals surface area contributed by atoms with Crippen LogP contribution < -0.4 is 5.32 Å². The lowest BCUT2D eigenvalue weighted by Crippen LogP contribution is -2.49. The molecule has 1 amide bonds. The van der Waals surface area contributed by atoms with Gasteiger partial charge in [0.15, 0.2) is 5.96 Å². The van der Waals surface area contributed by atoms with Crippen LogP contribution in [0.4, 0.5) is 0 Å². The van der Waals surface area contributed by atoms with Crippen LogP contribution in [0, 0.1) is 5.92 Å². The largest absolute Gasteiger partial charge is 0.356 e. The number of carbonyl (C=O) groups excluding carboxylic acids is 1. The molecule has 6 heteroatoms. The SMILES string of the molecule is CCC(CCNC(=NC)N1CCSC(C(C)C)C1)N1CCCC1=O. The predicted molar refractivity (Wildman–Crippen MR) is 104 cm³/mol. The highest BCUT2D eigenvalue weighted by atomic mass is 32.2. The first-order valence-electron chi connectivity index (χ1n) is 9.43. The molecule has 2 heterocycles. The molecule has 138 valence electrons. The number of hydrogen-bond acceptors (Lipinski definition) is 3. The monoisotopic (exact) mass is 354 g/mol. The van der Waals surface area contributed by atoms with E-state index in [-0.39, 0.29) is 0 Å². The number of likely N-dealkylation sites (tertiary alicyclic amines) is 1. The van der Waals surface area contributed by atoms with E-state index < -0.39 is 0 Å². The van der Waals surface area contributed by atoms with Crippen LogP contribution in [-0.2, 0) is 4.79 Å². The van der Waals surface area contributed by atoms with Gasteiger partial charge in [0.05, 0.1) is 0 Å². The lowest BCUT2D eigenvalue weighted by molar-refractivity contribution is -0.129. The van der Waals surface area contributed by atoms with Gasteiger partial charge >= 0.3 is 0 Å². The summed E-state index contributed by atoms with van der Waals surface area (Å²) in [5.41, 5.74) is 0. The maximum Gasteiger partial charge on any atom is 0.222 e. The molecule has 2 fully saturated rings. The van der Waals surface area contributed by atoms with Crippen molar-refractivity contribution in [3.63, 3.8) is 0 Å². The first-order valence-corrected chi connectivity index (χ1v) is 10.5. The van der Waals surface area contributed by atoms with E-state index in [4.69, 9.17) is 0 Å². The second-order valence-corrected chi connectivity index (χ2v) is 8.46. The van der Waals surface area contributed by atoms with Crippen LogP contribution in [0.5, 0.6) is 0 Å². The van der Waals surface area contributed by atoms with Crippen molar-refractivity contribution in [3.8, 4) is 0 Å². The van der Waals surface area contributed by atoms with E-state index in [9.17, 15) is 4.79 Å². The molecule has 0 bridgehead atoms. The Balaban J connectivity index is 1.81. The molecule has 0 saturated carbocycles. The molecule has 0 aromatic carbocycles. The lowest BCUT2D eigenvalue weighted by atomic mass is 10.1. The number of rotatable bonds is 6. The maximum atomic E-state index is 11.9. The molecule has 5 nitrogen and oxygen atoms in total. The highest BCUT2D eigenvalue weighted by Crippen LogP contribution is 2.25. The van der Waals surface area contributed by atoms with Gasteiger partial charge in [-0.25, -0.2) is 0 Å². The normalized spacial score (nSPS) is 24.0. The molecule has 2 saturated heterocycles. The van der Waals surface area contributed by atoms with Gasteiger partial charge < -0.3 is 15.1 Å². The minimum atomic E-state index is 0.332. The fourth-order valence-corrected chi connectivity index (χ4v) is 4.89. The quantitative estimate of drug-likeness (QED) is 0.588. The van der Waals surface area contributed by atoms with E-state index >= 15 is 0 Å². The Bertz CT molecular complexity index is 441. The van der Waals surface area contributed by atoms with Crippen LogP contribution in [-0.4, -0.2) is 71.9 Å². The molecule has 0 radical (unpaired) electrons. The highest BCUT2D eigenvalue weighted by Gasteiger charge is 2.27. The summed E-state index contributed by atoms with van der Waals surface area (Å²) in [5, 5.41) is 4.21. The second-order valence-electron chi connectivity index (χ2n) is 7.11. The molecule has 24 heavy (non-hydrogen) atoms. The molecule has 2 atom stereocenters. The number of nitrogens with one attached hydrogen (secondary N) is 1. The third-order valence-electron chi connectivity index (χ3n) is 5.13. The summed E-state index contributed by atoms with van der Waals surface area (Å²) >= 11 is 2.08. The summed E-state index contributed by atoms with van der Waals surface area (Å²) in [6.45, 7) is 10.7. The first kappa shape index (κ1) is 19.4. The van der Waals surface area contributed by atoms with Crippen LogP contribution in [0.2, 0.25) is 0 Å². The average molecular weight is 355 g/mol. The molecule has 0 aromatic rings. The summed E-state index contributed by atoms with van der Waals surface area (Å²) in [4.78, 5) is 20.9. The van der Waals surface area contributed by atoms with E-state index in [0.29, 0.717) is 23.1 Å². The Morgan fingerprint density at radius 1 is 1.42 bits per heavy atom. The number of amides is 1. The number of thioether (sulfide) groups is 1. The lowest BCUT2D eigenvalue weighted by Gasteiger charge is -2.36. The van der Waals surface area contributed by atoms with Crippen molar-refractivity contribution in [2.45, 2.75) is 57.7 Å². The fraction of sp³-hybridized carbons (Fsp3) is 0.889. The number of nitrogens with zero attached hydrogens (tertiary/aromatic N) is 3. The third-order valence-corrected chi connectivity index (χ3v) is 6.67. The van der Waals surface area contributed by atoms with Crippen LogP contribution >= 0.6 is 11.8 Å². The van der Waals surface area contributed by atoms with Gasteiger partial charge in [-0.05, 0) is 25.2 Å². The van der Waals surface area contributed by atoms with Crippen molar-refractivity contribution in [1.82, 2.24) is 15.1 Å². The minimum absolute atomic E-state index is 0.332. The zero-order valence-electron chi connectivity index (χ0n) is 15.8. The first-order chi connectivity index (χ1) is 11.6. The van der Waals surface area contributed by atoms with E-state index in [1.165, 1.54) is 5.75 Å². The van der Waals surface area contributed by atoms with Crippen LogP contribution in [0.25, 0.3) is 0 Å². The van der Waals surface area contributed by atoms with Crippen molar-refractivity contribution in [1.29, 1.82) is 0 Å². The molecule has 1 N–H and O–H groups in total. The Morgan fingerprint density at radius 2 is 2.21 bits per heavy atom. The van der Waals surface area contributed by atoms with Gasteiger partial charge in [0.2, 0.25) is 5.91 Å². The van der Waals surface area contributed by atoms with Crippen LogP contribution in [0.1, 0.15) is 46.5 Å². The maximum absolute atomic E-state index is 11.9. The molecule has 2 aliphatic rings. The second kappa shape index (κ2) is 9.54. The number of carbonyl (C=O) groups is 1. The topological polar surface area (TPSA) is 47.9 Å². The Labute approximate surface area is 151 Å².